The molecule has 1 unspecified atom stereocenters. The second kappa shape index (κ2) is 11.6. The third-order valence-corrected chi connectivity index (χ3v) is 3.41. The standard InChI is InChI=1S/C13H18BrCl2N3O2.HI/c1-8(7-20-2)19-13(17)18-3-4-21-12-10(15)5-9(14)6-11(12)16;/h5-6,8H,3-4,7H2,1-2H3,(H3,17,18,19);1H. The second-order valence-electron chi connectivity index (χ2n) is 4.31. The summed E-state index contributed by atoms with van der Waals surface area (Å²) < 4.78 is 11.3. The van der Waals surface area contributed by atoms with Crippen molar-refractivity contribution in [3.8, 4) is 5.75 Å². The third kappa shape index (κ3) is 8.05. The van der Waals surface area contributed by atoms with E-state index >= 15 is 0 Å². The molecule has 5 nitrogen and oxygen atoms in total. The van der Waals surface area contributed by atoms with E-state index in [4.69, 9.17) is 38.4 Å². The molecule has 22 heavy (non-hydrogen) atoms. The van der Waals surface area contributed by atoms with Crippen LogP contribution in [0.25, 0.3) is 0 Å². The molecule has 0 radical (unpaired) electrons. The number of hydrogen-bond donors (Lipinski definition) is 2. The van der Waals surface area contributed by atoms with Crippen LogP contribution < -0.4 is 15.8 Å². The summed E-state index contributed by atoms with van der Waals surface area (Å²) >= 11 is 15.4. The monoisotopic (exact) mass is 525 g/mol. The van der Waals surface area contributed by atoms with E-state index in [0.717, 1.165) is 4.47 Å². The van der Waals surface area contributed by atoms with Gasteiger partial charge in [-0.1, -0.05) is 39.1 Å². The van der Waals surface area contributed by atoms with Crippen molar-refractivity contribution in [3.05, 3.63) is 26.7 Å². The summed E-state index contributed by atoms with van der Waals surface area (Å²) in [6, 6.07) is 3.53. The predicted molar refractivity (Wildman–Crippen MR) is 106 cm³/mol. The minimum absolute atomic E-state index is 0. The highest BCUT2D eigenvalue weighted by molar-refractivity contribution is 14.0. The van der Waals surface area contributed by atoms with Gasteiger partial charge >= 0.3 is 0 Å². The molecular weight excluding hydrogens is 508 g/mol. The number of nitrogens with two attached hydrogens (primary N) is 1. The molecule has 126 valence electrons. The van der Waals surface area contributed by atoms with Crippen LogP contribution in [0.4, 0.5) is 0 Å². The van der Waals surface area contributed by atoms with Crippen molar-refractivity contribution in [1.29, 1.82) is 0 Å². The lowest BCUT2D eigenvalue weighted by Crippen LogP contribution is -2.40. The van der Waals surface area contributed by atoms with E-state index in [-0.39, 0.29) is 30.0 Å². The van der Waals surface area contributed by atoms with Gasteiger partial charge in [0.05, 0.1) is 23.2 Å². The normalized spacial score (nSPS) is 12.5. The smallest absolute Gasteiger partial charge is 0.188 e. The van der Waals surface area contributed by atoms with Gasteiger partial charge in [-0.2, -0.15) is 0 Å². The van der Waals surface area contributed by atoms with Crippen molar-refractivity contribution in [3.63, 3.8) is 0 Å². The molecule has 9 heteroatoms. The molecule has 0 heterocycles. The van der Waals surface area contributed by atoms with Crippen molar-refractivity contribution < 1.29 is 9.47 Å². The van der Waals surface area contributed by atoms with Gasteiger partial charge in [-0.3, -0.25) is 0 Å². The van der Waals surface area contributed by atoms with Crippen molar-refractivity contribution >= 4 is 69.1 Å². The van der Waals surface area contributed by atoms with E-state index in [1.807, 2.05) is 6.92 Å². The number of halogens is 4. The van der Waals surface area contributed by atoms with Gasteiger partial charge < -0.3 is 20.5 Å². The number of benzene rings is 1. The van der Waals surface area contributed by atoms with Crippen LogP contribution >= 0.6 is 63.1 Å². The molecule has 0 aromatic heterocycles. The highest BCUT2D eigenvalue weighted by Gasteiger charge is 2.08. The van der Waals surface area contributed by atoms with E-state index in [2.05, 4.69) is 26.2 Å². The Kier molecular flexibility index (Phi) is 11.6. The number of methoxy groups -OCH3 is 1. The fourth-order valence-corrected chi connectivity index (χ4v) is 2.89. The average Bonchev–Trinajstić information content (AvgIpc) is 2.36. The van der Waals surface area contributed by atoms with E-state index in [0.29, 0.717) is 41.5 Å². The molecule has 0 spiro atoms. The number of aliphatic imine (C=N–C) groups is 1. The van der Waals surface area contributed by atoms with Crippen LogP contribution in [-0.4, -0.2) is 38.9 Å². The van der Waals surface area contributed by atoms with Gasteiger partial charge in [-0.25, -0.2) is 4.99 Å². The zero-order valence-electron chi connectivity index (χ0n) is 12.2. The van der Waals surface area contributed by atoms with Crippen LogP contribution in [0.1, 0.15) is 6.92 Å². The second-order valence-corrected chi connectivity index (χ2v) is 6.04. The fourth-order valence-electron chi connectivity index (χ4n) is 1.57. The maximum absolute atomic E-state index is 6.05. The Morgan fingerprint density at radius 1 is 1.41 bits per heavy atom. The molecule has 0 aliphatic rings. The molecule has 0 bridgehead atoms. The Balaban J connectivity index is 0.00000441. The summed E-state index contributed by atoms with van der Waals surface area (Å²) in [4.78, 5) is 4.15. The van der Waals surface area contributed by atoms with Gasteiger partial charge in [0.15, 0.2) is 11.7 Å². The lowest BCUT2D eigenvalue weighted by atomic mass is 10.3. The number of hydrogen-bond acceptors (Lipinski definition) is 3. The minimum Gasteiger partial charge on any atom is -0.489 e. The Morgan fingerprint density at radius 3 is 2.55 bits per heavy atom. The third-order valence-electron chi connectivity index (χ3n) is 2.39. The van der Waals surface area contributed by atoms with Gasteiger partial charge in [-0.05, 0) is 19.1 Å². The zero-order valence-corrected chi connectivity index (χ0v) is 17.7. The van der Waals surface area contributed by atoms with Crippen LogP contribution in [-0.2, 0) is 4.74 Å². The fraction of sp³-hybridized carbons (Fsp3) is 0.462. The topological polar surface area (TPSA) is 68.9 Å². The number of guanidine groups is 1. The summed E-state index contributed by atoms with van der Waals surface area (Å²) in [7, 11) is 1.63. The van der Waals surface area contributed by atoms with Gasteiger partial charge in [0, 0.05) is 17.6 Å². The molecule has 0 aliphatic heterocycles. The summed E-state index contributed by atoms with van der Waals surface area (Å²) in [5.41, 5.74) is 5.73. The SMILES string of the molecule is COCC(C)NC(N)=NCCOc1c(Cl)cc(Br)cc1Cl.I. The predicted octanol–water partition coefficient (Wildman–Crippen LogP) is 3.69. The molecule has 3 N–H and O–H groups in total. The molecule has 1 aromatic carbocycles. The minimum atomic E-state index is 0. The Morgan fingerprint density at radius 2 is 2.00 bits per heavy atom. The lowest BCUT2D eigenvalue weighted by Gasteiger charge is -2.13. The molecule has 0 amide bonds. The van der Waals surface area contributed by atoms with Crippen LogP contribution in [0, 0.1) is 0 Å². The molecule has 0 saturated heterocycles. The number of nitrogens with one attached hydrogen (secondary N) is 1. The quantitative estimate of drug-likeness (QED) is 0.246. The van der Waals surface area contributed by atoms with E-state index in [1.54, 1.807) is 19.2 Å². The molecule has 0 saturated carbocycles. The maximum Gasteiger partial charge on any atom is 0.188 e. The summed E-state index contributed by atoms with van der Waals surface area (Å²) in [6.45, 7) is 3.21. The Labute approximate surface area is 166 Å². The molecule has 1 aromatic rings. The number of nitrogens with zero attached hydrogens (tertiary/aromatic N) is 1. The molecular formula is C13H19BrCl2IN3O2. The van der Waals surface area contributed by atoms with Crippen LogP contribution in [0.5, 0.6) is 5.75 Å². The molecule has 0 fully saturated rings. The van der Waals surface area contributed by atoms with E-state index in [9.17, 15) is 0 Å². The highest BCUT2D eigenvalue weighted by Crippen LogP contribution is 2.35. The first kappa shape index (κ1) is 22.0. The Hall–Kier alpha value is 0.0400. The van der Waals surface area contributed by atoms with E-state index in [1.165, 1.54) is 0 Å². The summed E-state index contributed by atoms with van der Waals surface area (Å²) in [5.74, 6) is 0.784. The van der Waals surface area contributed by atoms with Crippen molar-refractivity contribution in [2.75, 3.05) is 26.9 Å². The zero-order chi connectivity index (χ0) is 15.8. The van der Waals surface area contributed by atoms with E-state index < -0.39 is 0 Å². The first-order valence-electron chi connectivity index (χ1n) is 6.26. The highest BCUT2D eigenvalue weighted by atomic mass is 127. The van der Waals surface area contributed by atoms with Crippen LogP contribution in [0.3, 0.4) is 0 Å². The molecule has 1 rings (SSSR count). The van der Waals surface area contributed by atoms with Gasteiger partial charge in [-0.15, -0.1) is 24.0 Å². The average molecular weight is 527 g/mol. The van der Waals surface area contributed by atoms with Gasteiger partial charge in [0.1, 0.15) is 6.61 Å². The number of ether oxygens (including phenoxy) is 2. The molecule has 0 aliphatic carbocycles. The molecule has 1 atom stereocenters. The van der Waals surface area contributed by atoms with Crippen molar-refractivity contribution in [2.24, 2.45) is 10.7 Å². The Bertz CT molecular complexity index is 483. The largest absolute Gasteiger partial charge is 0.489 e. The summed E-state index contributed by atoms with van der Waals surface area (Å²) in [5, 5.41) is 3.88. The van der Waals surface area contributed by atoms with Crippen molar-refractivity contribution in [1.82, 2.24) is 5.32 Å². The lowest BCUT2D eigenvalue weighted by molar-refractivity contribution is 0.179. The van der Waals surface area contributed by atoms with Crippen LogP contribution in [0.15, 0.2) is 21.6 Å². The first-order valence-corrected chi connectivity index (χ1v) is 7.81. The van der Waals surface area contributed by atoms with Gasteiger partial charge in [0.2, 0.25) is 0 Å². The first-order chi connectivity index (χ1) is 9.93. The summed E-state index contributed by atoms with van der Waals surface area (Å²) in [6.07, 6.45) is 0. The van der Waals surface area contributed by atoms with Crippen molar-refractivity contribution in [2.45, 2.75) is 13.0 Å². The number of rotatable bonds is 7. The maximum atomic E-state index is 6.05. The van der Waals surface area contributed by atoms with Crippen LogP contribution in [0.2, 0.25) is 10.0 Å². The van der Waals surface area contributed by atoms with Gasteiger partial charge in [0.25, 0.3) is 0 Å².